The van der Waals surface area contributed by atoms with Crippen LogP contribution in [0, 0.1) is 0 Å². The lowest BCUT2D eigenvalue weighted by Gasteiger charge is -2.38. The van der Waals surface area contributed by atoms with Crippen LogP contribution in [0.2, 0.25) is 0 Å². The molecule has 2 atom stereocenters. The van der Waals surface area contributed by atoms with Gasteiger partial charge in [0.25, 0.3) is 0 Å². The first-order valence-corrected chi connectivity index (χ1v) is 5.66. The van der Waals surface area contributed by atoms with Crippen molar-refractivity contribution in [2.24, 2.45) is 0 Å². The molecular weight excluding hydrogens is 222 g/mol. The van der Waals surface area contributed by atoms with E-state index in [0.717, 1.165) is 0 Å². The maximum absolute atomic E-state index is 12.0. The zero-order chi connectivity index (χ0) is 12.8. The number of nitrogens with zero attached hydrogens (tertiary/aromatic N) is 3. The molecule has 6 heteroatoms. The average Bonchev–Trinajstić information content (AvgIpc) is 2.73. The third kappa shape index (κ3) is 1.98. The van der Waals surface area contributed by atoms with E-state index in [1.165, 1.54) is 9.80 Å². The van der Waals surface area contributed by atoms with Gasteiger partial charge in [0.05, 0.1) is 12.1 Å². The second-order valence-electron chi connectivity index (χ2n) is 5.40. The number of β-amino-alcohol motifs (C(OH)–C–C–N with tert-alkyl or cyclic N) is 1. The summed E-state index contributed by atoms with van der Waals surface area (Å²) in [4.78, 5) is 20.3. The monoisotopic (exact) mass is 241 g/mol. The molecule has 1 saturated heterocycles. The van der Waals surface area contributed by atoms with Crippen LogP contribution in [0.15, 0.2) is 12.3 Å². The van der Waals surface area contributed by atoms with Gasteiger partial charge in [-0.2, -0.15) is 0 Å². The quantitative estimate of drug-likeness (QED) is 0.728. The number of carbonyl (C=O) groups is 1. The second kappa shape index (κ2) is 3.89. The predicted molar refractivity (Wildman–Crippen MR) is 61.5 cm³/mol. The van der Waals surface area contributed by atoms with Crippen molar-refractivity contribution in [1.82, 2.24) is 14.9 Å². The summed E-state index contributed by atoms with van der Waals surface area (Å²) in [6.45, 7) is 6.29. The summed E-state index contributed by atoms with van der Waals surface area (Å²) in [5.74, 6) is 0. The van der Waals surface area contributed by atoms with Crippen molar-refractivity contribution < 1.29 is 14.7 Å². The fourth-order valence-corrected chi connectivity index (χ4v) is 2.10. The average molecular weight is 241 g/mol. The van der Waals surface area contributed by atoms with Crippen molar-refractivity contribution in [2.75, 3.05) is 13.6 Å². The Bertz CT molecular complexity index is 350. The van der Waals surface area contributed by atoms with Gasteiger partial charge in [0.1, 0.15) is 18.7 Å². The molecule has 0 aliphatic carbocycles. The molecule has 6 nitrogen and oxygen atoms in total. The Balaban J connectivity index is 2.22. The zero-order valence-corrected chi connectivity index (χ0v) is 10.6. The van der Waals surface area contributed by atoms with Gasteiger partial charge in [0.2, 0.25) is 0 Å². The number of likely N-dealkylation sites (N-methyl/N-ethyl adjacent to an activating group) is 1. The molecule has 0 radical (unpaired) electrons. The summed E-state index contributed by atoms with van der Waals surface area (Å²) in [6.07, 6.45) is 2.16. The van der Waals surface area contributed by atoms with Crippen LogP contribution in [0.4, 0.5) is 4.79 Å². The molecule has 2 rings (SSSR count). The number of carbonyl (C=O) groups excluding carboxylic acids is 1. The maximum Gasteiger partial charge on any atom is 0.323 e. The maximum atomic E-state index is 12.0. The number of rotatable bonds is 1. The molecule has 0 bridgehead atoms. The molecule has 17 heavy (non-hydrogen) atoms. The fourth-order valence-electron chi connectivity index (χ4n) is 2.10. The number of aliphatic hydroxyl groups is 1. The van der Waals surface area contributed by atoms with Crippen LogP contribution < -0.4 is 0 Å². The van der Waals surface area contributed by atoms with Crippen molar-refractivity contribution in [3.8, 4) is 0 Å². The van der Waals surface area contributed by atoms with Crippen LogP contribution >= 0.6 is 0 Å². The molecule has 2 aliphatic rings. The molecular formula is C11H19N3O3. The Hall–Kier alpha value is -1.27. The zero-order valence-electron chi connectivity index (χ0n) is 10.6. The first kappa shape index (κ1) is 12.2. The third-order valence-corrected chi connectivity index (χ3v) is 2.92. The summed E-state index contributed by atoms with van der Waals surface area (Å²) in [5, 5.41) is 11.6. The smallest absolute Gasteiger partial charge is 0.323 e. The van der Waals surface area contributed by atoms with Crippen LogP contribution in [-0.4, -0.2) is 57.5 Å². The van der Waals surface area contributed by atoms with Gasteiger partial charge < -0.3 is 14.8 Å². The largest absolute Gasteiger partial charge is 0.411 e. The molecule has 2 aliphatic heterocycles. The lowest BCUT2D eigenvalue weighted by molar-refractivity contribution is -0.199. The van der Waals surface area contributed by atoms with Crippen LogP contribution in [0.5, 0.6) is 0 Å². The number of amides is 2. The summed E-state index contributed by atoms with van der Waals surface area (Å²) < 4.78 is 0. The van der Waals surface area contributed by atoms with E-state index in [4.69, 9.17) is 4.84 Å². The normalized spacial score (nSPS) is 30.3. The molecule has 0 aromatic carbocycles. The Kier molecular flexibility index (Phi) is 2.79. The van der Waals surface area contributed by atoms with Gasteiger partial charge in [-0.15, -0.1) is 5.06 Å². The minimum absolute atomic E-state index is 0.188. The third-order valence-electron chi connectivity index (χ3n) is 2.92. The summed E-state index contributed by atoms with van der Waals surface area (Å²) in [7, 11) is 1.67. The van der Waals surface area contributed by atoms with E-state index in [0.29, 0.717) is 6.54 Å². The Morgan fingerprint density at radius 2 is 2.12 bits per heavy atom. The molecule has 0 spiro atoms. The molecule has 0 aromatic heterocycles. The summed E-state index contributed by atoms with van der Waals surface area (Å²) >= 11 is 0. The molecule has 1 N–H and O–H groups in total. The summed E-state index contributed by atoms with van der Waals surface area (Å²) in [6, 6.07) is -0.188. The molecule has 1 fully saturated rings. The van der Waals surface area contributed by atoms with Crippen LogP contribution in [0.3, 0.4) is 0 Å². The lowest BCUT2D eigenvalue weighted by Crippen LogP contribution is -2.55. The van der Waals surface area contributed by atoms with Crippen LogP contribution in [0.1, 0.15) is 20.8 Å². The van der Waals surface area contributed by atoms with Gasteiger partial charge in [-0.05, 0) is 26.8 Å². The Morgan fingerprint density at radius 3 is 2.59 bits per heavy atom. The van der Waals surface area contributed by atoms with Gasteiger partial charge in [-0.25, -0.2) is 4.79 Å². The molecule has 2 unspecified atom stereocenters. The van der Waals surface area contributed by atoms with Gasteiger partial charge in [0, 0.05) is 7.05 Å². The van der Waals surface area contributed by atoms with Gasteiger partial charge in [-0.3, -0.25) is 4.90 Å². The standard InChI is InChI=1S/C11H19N3O3/c1-11(2,3)14-8(5-6-17-14)13-9(15)7-12(4)10(13)16/h5-6,8-9,15H,7H2,1-4H3. The van der Waals surface area contributed by atoms with E-state index in [-0.39, 0.29) is 17.7 Å². The first-order chi connectivity index (χ1) is 7.82. The second-order valence-corrected chi connectivity index (χ2v) is 5.40. The van der Waals surface area contributed by atoms with Crippen LogP contribution in [-0.2, 0) is 4.84 Å². The van der Waals surface area contributed by atoms with Crippen molar-refractivity contribution in [3.05, 3.63) is 12.3 Å². The van der Waals surface area contributed by atoms with Gasteiger partial charge >= 0.3 is 6.03 Å². The predicted octanol–water partition coefficient (Wildman–Crippen LogP) is 0.558. The minimum atomic E-state index is -0.798. The molecule has 0 aromatic rings. The van der Waals surface area contributed by atoms with E-state index in [9.17, 15) is 9.90 Å². The van der Waals surface area contributed by atoms with E-state index in [2.05, 4.69) is 0 Å². The highest BCUT2D eigenvalue weighted by molar-refractivity contribution is 5.77. The first-order valence-electron chi connectivity index (χ1n) is 5.66. The van der Waals surface area contributed by atoms with E-state index < -0.39 is 6.23 Å². The van der Waals surface area contributed by atoms with E-state index >= 15 is 0 Å². The number of urea groups is 1. The highest BCUT2D eigenvalue weighted by atomic mass is 16.7. The van der Waals surface area contributed by atoms with Crippen LogP contribution in [0.25, 0.3) is 0 Å². The number of hydrogen-bond acceptors (Lipinski definition) is 4. The van der Waals surface area contributed by atoms with Crippen molar-refractivity contribution >= 4 is 6.03 Å². The van der Waals surface area contributed by atoms with Gasteiger partial charge in [0.15, 0.2) is 0 Å². The Labute approximate surface area is 101 Å². The van der Waals surface area contributed by atoms with Gasteiger partial charge in [-0.1, -0.05) is 0 Å². The molecule has 0 saturated carbocycles. The SMILES string of the molecule is CN1CC(O)N(C2C=CON2C(C)(C)C)C1=O. The highest BCUT2D eigenvalue weighted by Gasteiger charge is 2.45. The minimum Gasteiger partial charge on any atom is -0.411 e. The molecule has 96 valence electrons. The topological polar surface area (TPSA) is 56.2 Å². The number of hydrogen-bond donors (Lipinski definition) is 1. The van der Waals surface area contributed by atoms with E-state index in [1.807, 2.05) is 20.8 Å². The molecule has 2 amide bonds. The number of aliphatic hydroxyl groups excluding tert-OH is 1. The molecule has 2 heterocycles. The van der Waals surface area contributed by atoms with Crippen molar-refractivity contribution in [3.63, 3.8) is 0 Å². The fraction of sp³-hybridized carbons (Fsp3) is 0.727. The number of hydroxylamine groups is 2. The summed E-state index contributed by atoms with van der Waals surface area (Å²) in [5.41, 5.74) is -0.255. The van der Waals surface area contributed by atoms with Crippen molar-refractivity contribution in [1.29, 1.82) is 0 Å². The van der Waals surface area contributed by atoms with Crippen molar-refractivity contribution in [2.45, 2.75) is 38.7 Å². The lowest BCUT2D eigenvalue weighted by atomic mass is 10.1. The highest BCUT2D eigenvalue weighted by Crippen LogP contribution is 2.28. The van der Waals surface area contributed by atoms with E-state index in [1.54, 1.807) is 24.4 Å². The Morgan fingerprint density at radius 1 is 1.47 bits per heavy atom.